The van der Waals surface area contributed by atoms with Crippen LogP contribution < -0.4 is 16.0 Å². The summed E-state index contributed by atoms with van der Waals surface area (Å²) in [5.41, 5.74) is 8.66. The number of rotatable bonds is 5. The van der Waals surface area contributed by atoms with E-state index in [1.807, 2.05) is 50.8 Å². The Morgan fingerprint density at radius 3 is 2.56 bits per heavy atom. The van der Waals surface area contributed by atoms with E-state index >= 15 is 0 Å². The number of aryl methyl sites for hydroxylation is 1. The first-order chi connectivity index (χ1) is 8.42. The predicted molar refractivity (Wildman–Crippen MR) is 76.8 cm³/mol. The first kappa shape index (κ1) is 14.4. The minimum atomic E-state index is 0.0342. The van der Waals surface area contributed by atoms with Crippen LogP contribution in [0.3, 0.4) is 0 Å². The minimum Gasteiger partial charge on any atom is -0.399 e. The second-order valence-electron chi connectivity index (χ2n) is 4.84. The van der Waals surface area contributed by atoms with E-state index in [1.165, 1.54) is 0 Å². The molecule has 0 aliphatic rings. The monoisotopic (exact) mass is 249 g/mol. The van der Waals surface area contributed by atoms with Gasteiger partial charge in [-0.2, -0.15) is 0 Å². The number of hydrogen-bond acceptors (Lipinski definition) is 3. The highest BCUT2D eigenvalue weighted by Gasteiger charge is 2.11. The molecule has 3 N–H and O–H groups in total. The first-order valence-corrected chi connectivity index (χ1v) is 6.33. The van der Waals surface area contributed by atoms with Crippen molar-refractivity contribution in [1.29, 1.82) is 0 Å². The highest BCUT2D eigenvalue weighted by Crippen LogP contribution is 2.20. The fourth-order valence-electron chi connectivity index (χ4n) is 1.90. The summed E-state index contributed by atoms with van der Waals surface area (Å²) in [7, 11) is 0. The van der Waals surface area contributed by atoms with Crippen LogP contribution in [0.2, 0.25) is 0 Å². The van der Waals surface area contributed by atoms with E-state index in [-0.39, 0.29) is 11.9 Å². The molecule has 100 valence electrons. The summed E-state index contributed by atoms with van der Waals surface area (Å²) in [4.78, 5) is 13.8. The quantitative estimate of drug-likeness (QED) is 0.784. The van der Waals surface area contributed by atoms with Crippen molar-refractivity contribution in [2.45, 2.75) is 33.7 Å². The van der Waals surface area contributed by atoms with Gasteiger partial charge >= 0.3 is 0 Å². The van der Waals surface area contributed by atoms with Crippen LogP contribution in [0.25, 0.3) is 0 Å². The van der Waals surface area contributed by atoms with Crippen molar-refractivity contribution in [1.82, 2.24) is 5.32 Å². The summed E-state index contributed by atoms with van der Waals surface area (Å²) < 4.78 is 0. The molecule has 0 aliphatic heterocycles. The number of amides is 1. The SMILES string of the molecule is CCN(CC(=O)NC(C)C)c1cc(C)cc(N)c1. The molecular weight excluding hydrogens is 226 g/mol. The lowest BCUT2D eigenvalue weighted by Gasteiger charge is -2.24. The smallest absolute Gasteiger partial charge is 0.239 e. The molecule has 1 aromatic carbocycles. The van der Waals surface area contributed by atoms with Crippen LogP contribution in [-0.2, 0) is 4.79 Å². The number of nitrogen functional groups attached to an aromatic ring is 1. The van der Waals surface area contributed by atoms with E-state index in [0.717, 1.165) is 23.5 Å². The van der Waals surface area contributed by atoms with Crippen molar-refractivity contribution in [2.24, 2.45) is 0 Å². The molecule has 0 bridgehead atoms. The fourth-order valence-corrected chi connectivity index (χ4v) is 1.90. The van der Waals surface area contributed by atoms with E-state index in [9.17, 15) is 4.79 Å². The van der Waals surface area contributed by atoms with Gasteiger partial charge in [0.05, 0.1) is 6.54 Å². The molecule has 0 atom stereocenters. The van der Waals surface area contributed by atoms with E-state index < -0.39 is 0 Å². The maximum absolute atomic E-state index is 11.8. The number of likely N-dealkylation sites (N-methyl/N-ethyl adjacent to an activating group) is 1. The molecule has 0 saturated carbocycles. The third-order valence-electron chi connectivity index (χ3n) is 2.62. The Bertz CT molecular complexity index is 395. The van der Waals surface area contributed by atoms with Gasteiger partial charge in [0.15, 0.2) is 0 Å². The first-order valence-electron chi connectivity index (χ1n) is 6.33. The number of nitrogens with zero attached hydrogens (tertiary/aromatic N) is 1. The molecule has 0 aromatic heterocycles. The molecule has 0 unspecified atom stereocenters. The molecule has 0 aliphatic carbocycles. The van der Waals surface area contributed by atoms with Crippen LogP contribution in [0.15, 0.2) is 18.2 Å². The zero-order valence-corrected chi connectivity index (χ0v) is 11.7. The maximum Gasteiger partial charge on any atom is 0.239 e. The number of nitrogens with one attached hydrogen (secondary N) is 1. The number of anilines is 2. The zero-order chi connectivity index (χ0) is 13.7. The summed E-state index contributed by atoms with van der Waals surface area (Å²) in [5.74, 6) is 0.0342. The number of nitrogens with two attached hydrogens (primary N) is 1. The minimum absolute atomic E-state index is 0.0342. The van der Waals surface area contributed by atoms with Crippen LogP contribution in [-0.4, -0.2) is 25.0 Å². The molecule has 18 heavy (non-hydrogen) atoms. The summed E-state index contributed by atoms with van der Waals surface area (Å²) in [6.45, 7) is 9.08. The van der Waals surface area contributed by atoms with Gasteiger partial charge in [-0.15, -0.1) is 0 Å². The van der Waals surface area contributed by atoms with Gasteiger partial charge in [0.1, 0.15) is 0 Å². The topological polar surface area (TPSA) is 58.4 Å². The van der Waals surface area contributed by atoms with E-state index in [1.54, 1.807) is 0 Å². The lowest BCUT2D eigenvalue weighted by atomic mass is 10.2. The molecule has 0 fully saturated rings. The Morgan fingerprint density at radius 1 is 1.39 bits per heavy atom. The highest BCUT2D eigenvalue weighted by molar-refractivity contribution is 5.81. The largest absolute Gasteiger partial charge is 0.399 e. The molecule has 0 radical (unpaired) electrons. The lowest BCUT2D eigenvalue weighted by Crippen LogP contribution is -2.40. The van der Waals surface area contributed by atoms with E-state index in [2.05, 4.69) is 5.32 Å². The third kappa shape index (κ3) is 4.28. The summed E-state index contributed by atoms with van der Waals surface area (Å²) in [6, 6.07) is 6.03. The van der Waals surface area contributed by atoms with Crippen molar-refractivity contribution >= 4 is 17.3 Å². The van der Waals surface area contributed by atoms with Crippen LogP contribution in [0.4, 0.5) is 11.4 Å². The summed E-state index contributed by atoms with van der Waals surface area (Å²) in [5, 5.41) is 2.89. The van der Waals surface area contributed by atoms with E-state index in [0.29, 0.717) is 6.54 Å². The number of hydrogen-bond donors (Lipinski definition) is 2. The van der Waals surface area contributed by atoms with Crippen LogP contribution >= 0.6 is 0 Å². The van der Waals surface area contributed by atoms with E-state index in [4.69, 9.17) is 5.73 Å². The molecule has 0 saturated heterocycles. The maximum atomic E-state index is 11.8. The fraction of sp³-hybridized carbons (Fsp3) is 0.500. The molecule has 1 amide bonds. The zero-order valence-electron chi connectivity index (χ0n) is 11.7. The van der Waals surface area contributed by atoms with Crippen molar-refractivity contribution in [3.8, 4) is 0 Å². The molecule has 0 spiro atoms. The molecule has 1 rings (SSSR count). The Kier molecular flexibility index (Phi) is 5.01. The van der Waals surface area contributed by atoms with Crippen LogP contribution in [0.5, 0.6) is 0 Å². The Morgan fingerprint density at radius 2 is 2.06 bits per heavy atom. The number of carbonyl (C=O) groups excluding carboxylic acids is 1. The van der Waals surface area contributed by atoms with Crippen molar-refractivity contribution < 1.29 is 4.79 Å². The molecular formula is C14H23N3O. The highest BCUT2D eigenvalue weighted by atomic mass is 16.2. The van der Waals surface area contributed by atoms with Crippen molar-refractivity contribution in [3.63, 3.8) is 0 Å². The summed E-state index contributed by atoms with van der Waals surface area (Å²) >= 11 is 0. The number of carbonyl (C=O) groups is 1. The number of benzene rings is 1. The molecule has 0 heterocycles. The van der Waals surface area contributed by atoms with Gasteiger partial charge in [-0.3, -0.25) is 4.79 Å². The van der Waals surface area contributed by atoms with Crippen LogP contribution in [0.1, 0.15) is 26.3 Å². The Hall–Kier alpha value is -1.71. The third-order valence-corrected chi connectivity index (χ3v) is 2.62. The normalized spacial score (nSPS) is 10.5. The Labute approximate surface area is 109 Å². The average molecular weight is 249 g/mol. The summed E-state index contributed by atoms with van der Waals surface area (Å²) in [6.07, 6.45) is 0. The molecule has 4 heteroatoms. The standard InChI is InChI=1S/C14H23N3O/c1-5-17(9-14(18)16-10(2)3)13-7-11(4)6-12(15)8-13/h6-8,10H,5,9,15H2,1-4H3,(H,16,18). The van der Waals surface area contributed by atoms with Gasteiger partial charge in [0.2, 0.25) is 5.91 Å². The molecule has 4 nitrogen and oxygen atoms in total. The van der Waals surface area contributed by atoms with Gasteiger partial charge in [0, 0.05) is 24.0 Å². The second kappa shape index (κ2) is 6.28. The average Bonchev–Trinajstić information content (AvgIpc) is 2.23. The molecule has 1 aromatic rings. The second-order valence-corrected chi connectivity index (χ2v) is 4.84. The van der Waals surface area contributed by atoms with Crippen molar-refractivity contribution in [3.05, 3.63) is 23.8 Å². The lowest BCUT2D eigenvalue weighted by molar-refractivity contribution is -0.120. The van der Waals surface area contributed by atoms with Gasteiger partial charge < -0.3 is 16.0 Å². The van der Waals surface area contributed by atoms with Crippen LogP contribution in [0, 0.1) is 6.92 Å². The Balaban J connectivity index is 2.79. The predicted octanol–water partition coefficient (Wildman–Crippen LogP) is 1.93. The van der Waals surface area contributed by atoms with Crippen molar-refractivity contribution in [2.75, 3.05) is 23.7 Å². The van der Waals surface area contributed by atoms with Gasteiger partial charge in [-0.25, -0.2) is 0 Å². The van der Waals surface area contributed by atoms with Gasteiger partial charge in [-0.05, 0) is 51.5 Å². The van der Waals surface area contributed by atoms with Gasteiger partial charge in [0.25, 0.3) is 0 Å². The van der Waals surface area contributed by atoms with Gasteiger partial charge in [-0.1, -0.05) is 0 Å².